The van der Waals surface area contributed by atoms with Crippen molar-refractivity contribution in [2.75, 3.05) is 18.5 Å². The summed E-state index contributed by atoms with van der Waals surface area (Å²) in [6.07, 6.45) is 0.789. The zero-order valence-electron chi connectivity index (χ0n) is 16.0. The molecule has 0 radical (unpaired) electrons. The van der Waals surface area contributed by atoms with E-state index in [1.165, 1.54) is 18.2 Å². The van der Waals surface area contributed by atoms with Gasteiger partial charge in [0.05, 0.1) is 29.1 Å². The number of benzene rings is 1. The highest BCUT2D eigenvalue weighted by Crippen LogP contribution is 2.22. The van der Waals surface area contributed by atoms with Crippen LogP contribution in [0.1, 0.15) is 57.2 Å². The smallest absolute Gasteiger partial charge is 0.339 e. The van der Waals surface area contributed by atoms with E-state index in [1.54, 1.807) is 26.0 Å². The van der Waals surface area contributed by atoms with Crippen molar-refractivity contribution in [1.82, 2.24) is 10.3 Å². The fourth-order valence-electron chi connectivity index (χ4n) is 2.45. The van der Waals surface area contributed by atoms with Crippen LogP contribution in [0.15, 0.2) is 30.3 Å². The Bertz CT molecular complexity index is 899. The van der Waals surface area contributed by atoms with E-state index in [0.29, 0.717) is 28.4 Å². The highest BCUT2D eigenvalue weighted by Gasteiger charge is 2.18. The van der Waals surface area contributed by atoms with Crippen LogP contribution < -0.4 is 10.6 Å². The molecule has 0 saturated heterocycles. The molecule has 0 atom stereocenters. The first-order valence-corrected chi connectivity index (χ1v) is 9.29. The van der Waals surface area contributed by atoms with Crippen molar-refractivity contribution in [2.45, 2.75) is 27.2 Å². The molecule has 0 aliphatic heterocycles. The van der Waals surface area contributed by atoms with Gasteiger partial charge in [0, 0.05) is 11.6 Å². The molecule has 2 rings (SSSR count). The molecular weight excluding hydrogens is 382 g/mol. The SMILES string of the molecule is CCCNC(=O)c1ccc(Cl)cc1NC(=O)c1ccc(C(=O)OCC)c(C)n1. The van der Waals surface area contributed by atoms with Gasteiger partial charge < -0.3 is 15.4 Å². The molecule has 1 aromatic heterocycles. The monoisotopic (exact) mass is 403 g/mol. The molecule has 2 aromatic rings. The lowest BCUT2D eigenvalue weighted by Crippen LogP contribution is -2.26. The average molecular weight is 404 g/mol. The number of esters is 1. The number of hydrogen-bond acceptors (Lipinski definition) is 5. The van der Waals surface area contributed by atoms with Gasteiger partial charge in [-0.3, -0.25) is 9.59 Å². The first-order chi connectivity index (χ1) is 13.4. The Morgan fingerprint density at radius 3 is 2.43 bits per heavy atom. The number of nitrogens with zero attached hydrogens (tertiary/aromatic N) is 1. The highest BCUT2D eigenvalue weighted by molar-refractivity contribution is 6.31. The largest absolute Gasteiger partial charge is 0.462 e. The standard InChI is InChI=1S/C20H22ClN3O4/c1-4-10-22-18(25)15-7-6-13(21)11-17(15)24-19(26)16-9-8-14(12(3)23-16)20(27)28-5-2/h6-9,11H,4-5,10H2,1-3H3,(H,22,25)(H,24,26). The van der Waals surface area contributed by atoms with Crippen LogP contribution in [0.3, 0.4) is 0 Å². The molecule has 0 spiro atoms. The lowest BCUT2D eigenvalue weighted by molar-refractivity contribution is 0.0524. The third-order valence-corrected chi connectivity index (χ3v) is 4.06. The lowest BCUT2D eigenvalue weighted by Gasteiger charge is -2.12. The van der Waals surface area contributed by atoms with E-state index in [0.717, 1.165) is 6.42 Å². The second-order valence-corrected chi connectivity index (χ2v) is 6.39. The maximum atomic E-state index is 12.6. The number of nitrogens with one attached hydrogen (secondary N) is 2. The number of halogens is 1. The van der Waals surface area contributed by atoms with Gasteiger partial charge in [0.25, 0.3) is 11.8 Å². The molecule has 1 aromatic carbocycles. The number of aryl methyl sites for hydroxylation is 1. The second kappa shape index (κ2) is 9.85. The lowest BCUT2D eigenvalue weighted by atomic mass is 10.1. The van der Waals surface area contributed by atoms with E-state index in [9.17, 15) is 14.4 Å². The van der Waals surface area contributed by atoms with E-state index >= 15 is 0 Å². The number of pyridine rings is 1. The second-order valence-electron chi connectivity index (χ2n) is 5.95. The zero-order valence-corrected chi connectivity index (χ0v) is 16.7. The van der Waals surface area contributed by atoms with E-state index in [1.807, 2.05) is 6.92 Å². The Morgan fingerprint density at radius 2 is 1.79 bits per heavy atom. The van der Waals surface area contributed by atoms with Crippen LogP contribution in [0.5, 0.6) is 0 Å². The van der Waals surface area contributed by atoms with Crippen molar-refractivity contribution in [2.24, 2.45) is 0 Å². The summed E-state index contributed by atoms with van der Waals surface area (Å²) >= 11 is 6.02. The minimum absolute atomic E-state index is 0.102. The fraction of sp³-hybridized carbons (Fsp3) is 0.300. The Morgan fingerprint density at radius 1 is 1.07 bits per heavy atom. The highest BCUT2D eigenvalue weighted by atomic mass is 35.5. The van der Waals surface area contributed by atoms with Crippen molar-refractivity contribution in [3.8, 4) is 0 Å². The van der Waals surface area contributed by atoms with Crippen LogP contribution in [-0.2, 0) is 4.74 Å². The van der Waals surface area contributed by atoms with Gasteiger partial charge in [0.1, 0.15) is 5.69 Å². The zero-order chi connectivity index (χ0) is 20.7. The Labute approximate surface area is 168 Å². The summed E-state index contributed by atoms with van der Waals surface area (Å²) in [7, 11) is 0. The molecule has 0 unspecified atom stereocenters. The maximum Gasteiger partial charge on any atom is 0.339 e. The number of amides is 2. The number of carbonyl (C=O) groups is 3. The molecule has 0 aliphatic carbocycles. The number of anilines is 1. The van der Waals surface area contributed by atoms with Crippen LogP contribution in [0.2, 0.25) is 5.02 Å². The Balaban J connectivity index is 2.25. The third-order valence-electron chi connectivity index (χ3n) is 3.82. The number of rotatable bonds is 7. The van der Waals surface area contributed by atoms with E-state index in [2.05, 4.69) is 15.6 Å². The van der Waals surface area contributed by atoms with Gasteiger partial charge >= 0.3 is 5.97 Å². The van der Waals surface area contributed by atoms with Gasteiger partial charge in [-0.25, -0.2) is 9.78 Å². The van der Waals surface area contributed by atoms with Crippen LogP contribution in [0.25, 0.3) is 0 Å². The van der Waals surface area contributed by atoms with Crippen molar-refractivity contribution in [3.63, 3.8) is 0 Å². The van der Waals surface area contributed by atoms with Crippen LogP contribution in [0.4, 0.5) is 5.69 Å². The first-order valence-electron chi connectivity index (χ1n) is 8.91. The molecule has 0 bridgehead atoms. The molecule has 148 valence electrons. The van der Waals surface area contributed by atoms with Crippen LogP contribution >= 0.6 is 11.6 Å². The average Bonchev–Trinajstić information content (AvgIpc) is 2.66. The van der Waals surface area contributed by atoms with E-state index in [4.69, 9.17) is 16.3 Å². The molecule has 28 heavy (non-hydrogen) atoms. The van der Waals surface area contributed by atoms with E-state index in [-0.39, 0.29) is 23.9 Å². The molecule has 1 heterocycles. The first kappa shape index (κ1) is 21.4. The normalized spacial score (nSPS) is 10.3. The van der Waals surface area contributed by atoms with Gasteiger partial charge in [0.15, 0.2) is 0 Å². The van der Waals surface area contributed by atoms with Crippen molar-refractivity contribution in [3.05, 3.63) is 57.9 Å². The van der Waals surface area contributed by atoms with Gasteiger partial charge in [0.2, 0.25) is 0 Å². The summed E-state index contributed by atoms with van der Waals surface area (Å²) in [5.41, 5.74) is 1.34. The quantitative estimate of drug-likeness (QED) is 0.688. The molecule has 0 aliphatic rings. The molecule has 7 nitrogen and oxygen atoms in total. The fourth-order valence-corrected chi connectivity index (χ4v) is 2.62. The molecule has 0 saturated carbocycles. The summed E-state index contributed by atoms with van der Waals surface area (Å²) in [4.78, 5) is 41.0. The molecule has 2 amide bonds. The van der Waals surface area contributed by atoms with Crippen LogP contribution in [0, 0.1) is 6.92 Å². The predicted octanol–water partition coefficient (Wildman–Crippen LogP) is 3.61. The summed E-state index contributed by atoms with van der Waals surface area (Å²) in [5, 5.41) is 5.80. The van der Waals surface area contributed by atoms with Gasteiger partial charge in [-0.05, 0) is 50.6 Å². The predicted molar refractivity (Wildman–Crippen MR) is 107 cm³/mol. The summed E-state index contributed by atoms with van der Waals surface area (Å²) in [6.45, 7) is 6.04. The molecule has 8 heteroatoms. The number of aromatic nitrogens is 1. The van der Waals surface area contributed by atoms with Gasteiger partial charge in [-0.1, -0.05) is 18.5 Å². The minimum atomic E-state index is -0.523. The number of hydrogen-bond donors (Lipinski definition) is 2. The minimum Gasteiger partial charge on any atom is -0.462 e. The maximum absolute atomic E-state index is 12.6. The summed E-state index contributed by atoms with van der Waals surface area (Å²) in [5.74, 6) is -1.33. The summed E-state index contributed by atoms with van der Waals surface area (Å²) in [6, 6.07) is 7.54. The molecule has 0 fully saturated rings. The number of carbonyl (C=O) groups excluding carboxylic acids is 3. The van der Waals surface area contributed by atoms with E-state index < -0.39 is 11.9 Å². The van der Waals surface area contributed by atoms with Gasteiger partial charge in [-0.2, -0.15) is 0 Å². The van der Waals surface area contributed by atoms with Gasteiger partial charge in [-0.15, -0.1) is 0 Å². The summed E-state index contributed by atoms with van der Waals surface area (Å²) < 4.78 is 4.95. The van der Waals surface area contributed by atoms with Crippen molar-refractivity contribution >= 4 is 35.1 Å². The Kier molecular flexibility index (Phi) is 7.52. The number of ether oxygens (including phenoxy) is 1. The third kappa shape index (κ3) is 5.29. The topological polar surface area (TPSA) is 97.4 Å². The van der Waals surface area contributed by atoms with Crippen molar-refractivity contribution < 1.29 is 19.1 Å². The van der Waals surface area contributed by atoms with Crippen molar-refractivity contribution in [1.29, 1.82) is 0 Å². The van der Waals surface area contributed by atoms with Crippen LogP contribution in [-0.4, -0.2) is 35.9 Å². The Hall–Kier alpha value is -2.93. The molecule has 2 N–H and O–H groups in total. The molecular formula is C20H22ClN3O4.